The summed E-state index contributed by atoms with van der Waals surface area (Å²) >= 11 is 1.97. The summed E-state index contributed by atoms with van der Waals surface area (Å²) in [4.78, 5) is 0. The standard InChI is InChI=1S/C62H55BN2S/c1-59(2,3)34-23-26-36(27-24-34)64-49-32-46-40(37-17-11-14-20-44(37)61(46,7)8)30-42(49)55-56-57-53(54-39-19-13-16-22-52(39)66-58(54)55)43-29-35(60(4,5)6)25-28-50(43)65(57)51-33-47-41(31-48(51)63-56)38-18-12-15-21-45(38)62(47,9)10/h11-33,63-64H,1-10H3. The summed E-state index contributed by atoms with van der Waals surface area (Å²) in [6, 6.07) is 54.1. The van der Waals surface area contributed by atoms with E-state index in [4.69, 9.17) is 0 Å². The summed E-state index contributed by atoms with van der Waals surface area (Å²) in [5, 5.41) is 9.53. The molecule has 66 heavy (non-hydrogen) atoms. The van der Waals surface area contributed by atoms with Gasteiger partial charge in [-0.05, 0) is 126 Å². The molecule has 0 bridgehead atoms. The van der Waals surface area contributed by atoms with Crippen LogP contribution in [0.1, 0.15) is 103 Å². The van der Waals surface area contributed by atoms with Crippen molar-refractivity contribution in [2.24, 2.45) is 0 Å². The number of hydrogen-bond donors (Lipinski definition) is 1. The van der Waals surface area contributed by atoms with Crippen LogP contribution in [0, 0.1) is 0 Å². The lowest BCUT2D eigenvalue weighted by Gasteiger charge is -2.28. The van der Waals surface area contributed by atoms with Crippen molar-refractivity contribution in [2.45, 2.75) is 90.9 Å². The molecule has 10 aromatic rings. The molecule has 0 amide bonds. The highest BCUT2D eigenvalue weighted by molar-refractivity contribution is 7.26. The first-order valence-electron chi connectivity index (χ1n) is 23.9. The number of anilines is 2. The number of thiophene rings is 1. The van der Waals surface area contributed by atoms with Crippen LogP contribution in [-0.4, -0.2) is 11.8 Å². The van der Waals surface area contributed by atoms with Crippen LogP contribution >= 0.6 is 11.3 Å². The normalized spacial score (nSPS) is 15.2. The molecular formula is C62H55BN2S. The Bertz CT molecular complexity index is 3770. The van der Waals surface area contributed by atoms with E-state index in [1.807, 2.05) is 11.3 Å². The second-order valence-corrected chi connectivity index (χ2v) is 23.7. The number of benzene rings is 8. The van der Waals surface area contributed by atoms with Crippen LogP contribution in [0.2, 0.25) is 0 Å². The van der Waals surface area contributed by atoms with Crippen LogP contribution in [0.4, 0.5) is 11.4 Å². The molecule has 3 aliphatic rings. The average molecular weight is 871 g/mol. The van der Waals surface area contributed by atoms with Crippen LogP contribution in [0.5, 0.6) is 0 Å². The van der Waals surface area contributed by atoms with Gasteiger partial charge in [-0.25, -0.2) is 0 Å². The molecule has 0 atom stereocenters. The van der Waals surface area contributed by atoms with Crippen molar-refractivity contribution >= 4 is 82.9 Å². The Balaban J connectivity index is 1.19. The van der Waals surface area contributed by atoms with Crippen LogP contribution in [0.3, 0.4) is 0 Å². The van der Waals surface area contributed by atoms with Gasteiger partial charge in [-0.15, -0.1) is 11.3 Å². The number of hydrogen-bond acceptors (Lipinski definition) is 2. The van der Waals surface area contributed by atoms with Crippen LogP contribution in [-0.2, 0) is 21.7 Å². The predicted octanol–water partition coefficient (Wildman–Crippen LogP) is 15.5. The van der Waals surface area contributed by atoms with Gasteiger partial charge in [0.15, 0.2) is 7.28 Å². The van der Waals surface area contributed by atoms with E-state index in [9.17, 15) is 0 Å². The van der Waals surface area contributed by atoms with E-state index >= 15 is 0 Å². The molecule has 0 unspecified atom stereocenters. The summed E-state index contributed by atoms with van der Waals surface area (Å²) in [5.74, 6) is 0. The number of rotatable bonds is 3. The summed E-state index contributed by atoms with van der Waals surface area (Å²) in [5.41, 5.74) is 25.1. The van der Waals surface area contributed by atoms with Crippen molar-refractivity contribution in [3.8, 4) is 39.1 Å². The summed E-state index contributed by atoms with van der Waals surface area (Å²) in [6.45, 7) is 23.6. The number of fused-ring (bicyclic) bond motifs is 15. The molecular weight excluding hydrogens is 816 g/mol. The monoisotopic (exact) mass is 870 g/mol. The molecule has 3 heterocycles. The summed E-state index contributed by atoms with van der Waals surface area (Å²) < 4.78 is 5.38. The Morgan fingerprint density at radius 1 is 0.530 bits per heavy atom. The largest absolute Gasteiger partial charge is 0.355 e. The lowest BCUT2D eigenvalue weighted by atomic mass is 9.58. The molecule has 2 aromatic heterocycles. The maximum atomic E-state index is 4.10. The highest BCUT2D eigenvalue weighted by Gasteiger charge is 2.40. The van der Waals surface area contributed by atoms with Crippen LogP contribution in [0.25, 0.3) is 81.0 Å². The van der Waals surface area contributed by atoms with Gasteiger partial charge < -0.3 is 9.88 Å². The summed E-state index contributed by atoms with van der Waals surface area (Å²) in [6.07, 6.45) is 0. The zero-order valence-electron chi connectivity index (χ0n) is 39.8. The minimum absolute atomic E-state index is 0.00391. The van der Waals surface area contributed by atoms with Gasteiger partial charge in [-0.3, -0.25) is 0 Å². The lowest BCUT2D eigenvalue weighted by molar-refractivity contribution is 0.590. The maximum Gasteiger partial charge on any atom is 0.198 e. The van der Waals surface area contributed by atoms with E-state index < -0.39 is 0 Å². The van der Waals surface area contributed by atoms with Crippen molar-refractivity contribution in [1.29, 1.82) is 0 Å². The molecule has 8 aromatic carbocycles. The van der Waals surface area contributed by atoms with Crippen molar-refractivity contribution in [1.82, 2.24) is 4.57 Å². The minimum atomic E-state index is -0.150. The fraction of sp³-hybridized carbons (Fsp3) is 0.226. The topological polar surface area (TPSA) is 17.0 Å². The zero-order chi connectivity index (χ0) is 45.4. The predicted molar refractivity (Wildman–Crippen MR) is 288 cm³/mol. The molecule has 0 spiro atoms. The third-order valence-electron chi connectivity index (χ3n) is 15.9. The van der Waals surface area contributed by atoms with Gasteiger partial charge >= 0.3 is 0 Å². The van der Waals surface area contributed by atoms with E-state index in [0.717, 1.165) is 18.7 Å². The highest BCUT2D eigenvalue weighted by atomic mass is 32.1. The Labute approximate surface area is 393 Å². The van der Waals surface area contributed by atoms with Crippen LogP contribution in [0.15, 0.2) is 140 Å². The van der Waals surface area contributed by atoms with Crippen LogP contribution < -0.4 is 16.2 Å². The van der Waals surface area contributed by atoms with E-state index in [-0.39, 0.29) is 21.7 Å². The fourth-order valence-corrected chi connectivity index (χ4v) is 13.6. The molecule has 0 saturated carbocycles. The van der Waals surface area contributed by atoms with Gasteiger partial charge in [0.2, 0.25) is 0 Å². The Hall–Kier alpha value is -6.36. The molecule has 2 aliphatic carbocycles. The molecule has 0 radical (unpaired) electrons. The van der Waals surface area contributed by atoms with E-state index in [0.29, 0.717) is 0 Å². The third-order valence-corrected chi connectivity index (χ3v) is 17.1. The van der Waals surface area contributed by atoms with Crippen molar-refractivity contribution < 1.29 is 0 Å². The first-order valence-corrected chi connectivity index (χ1v) is 24.7. The Morgan fingerprint density at radius 3 is 1.82 bits per heavy atom. The lowest BCUT2D eigenvalue weighted by Crippen LogP contribution is -2.38. The number of nitrogens with one attached hydrogen (secondary N) is 1. The number of aromatic nitrogens is 1. The second-order valence-electron chi connectivity index (χ2n) is 22.6. The molecule has 4 heteroatoms. The minimum Gasteiger partial charge on any atom is -0.355 e. The second kappa shape index (κ2) is 13.2. The Morgan fingerprint density at radius 2 is 1.14 bits per heavy atom. The highest BCUT2D eigenvalue weighted by Crippen LogP contribution is 2.55. The third kappa shape index (κ3) is 5.37. The van der Waals surface area contributed by atoms with Gasteiger partial charge in [-0.1, -0.05) is 166 Å². The van der Waals surface area contributed by atoms with Gasteiger partial charge in [0.1, 0.15) is 0 Å². The molecule has 2 nitrogen and oxygen atoms in total. The number of nitrogens with zero attached hydrogens (tertiary/aromatic N) is 1. The molecule has 1 N–H and O–H groups in total. The van der Waals surface area contributed by atoms with Gasteiger partial charge in [0, 0.05) is 69.9 Å². The van der Waals surface area contributed by atoms with Gasteiger partial charge in [0.05, 0.1) is 5.52 Å². The van der Waals surface area contributed by atoms with Crippen molar-refractivity contribution in [3.05, 3.63) is 173 Å². The smallest absolute Gasteiger partial charge is 0.198 e. The fourth-order valence-electron chi connectivity index (χ4n) is 12.3. The van der Waals surface area contributed by atoms with Crippen molar-refractivity contribution in [2.75, 3.05) is 5.32 Å². The van der Waals surface area contributed by atoms with Gasteiger partial charge in [0.25, 0.3) is 0 Å². The van der Waals surface area contributed by atoms with E-state index in [1.165, 1.54) is 125 Å². The van der Waals surface area contributed by atoms with Crippen molar-refractivity contribution in [3.63, 3.8) is 0 Å². The quantitative estimate of drug-likeness (QED) is 0.175. The molecule has 13 rings (SSSR count). The maximum absolute atomic E-state index is 4.10. The van der Waals surface area contributed by atoms with E-state index in [2.05, 4.69) is 219 Å². The first-order chi connectivity index (χ1) is 31.5. The van der Waals surface area contributed by atoms with Gasteiger partial charge in [-0.2, -0.15) is 0 Å². The SMILES string of the molecule is CC(C)(C)c1ccc(Nc2cc3c(cc2-c2c4c5c(c6cc(C(C)(C)C)ccc6n5-c5cc6c(cc5B4)-c4ccccc4C6(C)C)c4c2sc2ccccc24)-c2ccccc2C3(C)C)cc1. The Kier molecular flexibility index (Phi) is 7.97. The first kappa shape index (κ1) is 40.0. The molecule has 0 fully saturated rings. The molecule has 322 valence electrons. The zero-order valence-corrected chi connectivity index (χ0v) is 40.7. The average Bonchev–Trinajstić information content (AvgIpc) is 3.97. The van der Waals surface area contributed by atoms with E-state index in [1.54, 1.807) is 0 Å². The molecule has 0 saturated heterocycles. The summed E-state index contributed by atoms with van der Waals surface area (Å²) in [7, 11) is 0.836. The molecule has 1 aliphatic heterocycles.